The van der Waals surface area contributed by atoms with Gasteiger partial charge in [-0.3, -0.25) is 14.5 Å². The molecule has 25 heavy (non-hydrogen) atoms. The molecule has 8 nitrogen and oxygen atoms in total. The van der Waals surface area contributed by atoms with Gasteiger partial charge in [-0.1, -0.05) is 0 Å². The third-order valence-corrected chi connectivity index (χ3v) is 5.28. The summed E-state index contributed by atoms with van der Waals surface area (Å²) in [6, 6.07) is 6.68. The summed E-state index contributed by atoms with van der Waals surface area (Å²) in [5.74, 6) is -0.336. The van der Waals surface area contributed by atoms with Crippen LogP contribution in [0.5, 0.6) is 0 Å². The predicted octanol–water partition coefficient (Wildman–Crippen LogP) is -0.0480. The lowest BCUT2D eigenvalue weighted by Crippen LogP contribution is -2.49. The van der Waals surface area contributed by atoms with Gasteiger partial charge in [0, 0.05) is 57.4 Å². The van der Waals surface area contributed by atoms with Crippen LogP contribution in [0, 0.1) is 0 Å². The van der Waals surface area contributed by atoms with Gasteiger partial charge in [0.1, 0.15) is 0 Å². The summed E-state index contributed by atoms with van der Waals surface area (Å²) in [4.78, 5) is 25.2. The Balaban J connectivity index is 1.73. The fraction of sp³-hybridized carbons (Fsp3) is 0.500. The molecule has 1 fully saturated rings. The lowest BCUT2D eigenvalue weighted by Gasteiger charge is -2.33. The number of hydrogen-bond donors (Lipinski definition) is 2. The molecule has 0 aliphatic carbocycles. The molecule has 0 bridgehead atoms. The van der Waals surface area contributed by atoms with Gasteiger partial charge in [0.05, 0.1) is 6.26 Å². The molecule has 1 aliphatic rings. The second-order valence-electron chi connectivity index (χ2n) is 6.02. The number of piperazine rings is 1. The van der Waals surface area contributed by atoms with Crippen LogP contribution in [-0.2, 0) is 14.8 Å². The highest BCUT2D eigenvalue weighted by molar-refractivity contribution is 7.88. The van der Waals surface area contributed by atoms with Crippen molar-refractivity contribution in [3.05, 3.63) is 29.8 Å². The zero-order valence-corrected chi connectivity index (χ0v) is 15.3. The number of hydrogen-bond acceptors (Lipinski definition) is 5. The van der Waals surface area contributed by atoms with Crippen molar-refractivity contribution < 1.29 is 18.0 Å². The summed E-state index contributed by atoms with van der Waals surface area (Å²) < 4.78 is 24.4. The second kappa shape index (κ2) is 8.41. The minimum absolute atomic E-state index is 0.159. The van der Waals surface area contributed by atoms with Gasteiger partial charge in [0.25, 0.3) is 5.91 Å². The minimum atomic E-state index is -3.12. The van der Waals surface area contributed by atoms with Crippen molar-refractivity contribution in [1.29, 1.82) is 0 Å². The van der Waals surface area contributed by atoms with Gasteiger partial charge in [-0.25, -0.2) is 8.42 Å². The van der Waals surface area contributed by atoms with Crippen molar-refractivity contribution in [2.75, 3.05) is 50.8 Å². The summed E-state index contributed by atoms with van der Waals surface area (Å²) in [5.41, 5.74) is 1.17. The summed E-state index contributed by atoms with van der Waals surface area (Å²) in [5, 5.41) is 5.50. The number of benzene rings is 1. The van der Waals surface area contributed by atoms with E-state index in [4.69, 9.17) is 0 Å². The smallest absolute Gasteiger partial charge is 0.251 e. The monoisotopic (exact) mass is 368 g/mol. The average Bonchev–Trinajstić information content (AvgIpc) is 2.54. The van der Waals surface area contributed by atoms with Crippen molar-refractivity contribution >= 4 is 27.5 Å². The average molecular weight is 368 g/mol. The SMILES string of the molecule is CC(=O)Nc1ccc(C(=O)NCCN2CCN(S(C)(=O)=O)CC2)cc1. The van der Waals surface area contributed by atoms with Crippen LogP contribution >= 0.6 is 0 Å². The lowest BCUT2D eigenvalue weighted by molar-refractivity contribution is -0.114. The van der Waals surface area contributed by atoms with E-state index in [0.29, 0.717) is 50.5 Å². The number of nitrogens with one attached hydrogen (secondary N) is 2. The zero-order valence-electron chi connectivity index (χ0n) is 14.5. The molecule has 0 unspecified atom stereocenters. The summed E-state index contributed by atoms with van der Waals surface area (Å²) in [6.45, 7) is 4.88. The van der Waals surface area contributed by atoms with Crippen molar-refractivity contribution in [2.24, 2.45) is 0 Å². The van der Waals surface area contributed by atoms with Crippen molar-refractivity contribution in [3.63, 3.8) is 0 Å². The summed E-state index contributed by atoms with van der Waals surface area (Å²) >= 11 is 0. The molecule has 9 heteroatoms. The van der Waals surface area contributed by atoms with Gasteiger partial charge in [-0.15, -0.1) is 0 Å². The van der Waals surface area contributed by atoms with Crippen LogP contribution < -0.4 is 10.6 Å². The van der Waals surface area contributed by atoms with E-state index in [-0.39, 0.29) is 11.8 Å². The number of sulfonamides is 1. The van der Waals surface area contributed by atoms with Crippen LogP contribution in [0.2, 0.25) is 0 Å². The molecule has 1 aromatic carbocycles. The number of anilines is 1. The Morgan fingerprint density at radius 1 is 1.08 bits per heavy atom. The maximum Gasteiger partial charge on any atom is 0.251 e. The van der Waals surface area contributed by atoms with E-state index in [1.54, 1.807) is 24.3 Å². The number of rotatable bonds is 6. The first kappa shape index (κ1) is 19.4. The molecular weight excluding hydrogens is 344 g/mol. The largest absolute Gasteiger partial charge is 0.351 e. The van der Waals surface area contributed by atoms with Crippen LogP contribution in [0.25, 0.3) is 0 Å². The highest BCUT2D eigenvalue weighted by Crippen LogP contribution is 2.09. The summed E-state index contributed by atoms with van der Waals surface area (Å²) in [7, 11) is -3.12. The molecule has 2 amide bonds. The standard InChI is InChI=1S/C16H24N4O4S/c1-13(21)18-15-5-3-14(4-6-15)16(22)17-7-8-19-9-11-20(12-10-19)25(2,23)24/h3-6H,7-12H2,1-2H3,(H,17,22)(H,18,21). The van der Waals surface area contributed by atoms with Crippen molar-refractivity contribution in [1.82, 2.24) is 14.5 Å². The van der Waals surface area contributed by atoms with Crippen molar-refractivity contribution in [2.45, 2.75) is 6.92 Å². The van der Waals surface area contributed by atoms with Crippen LogP contribution in [0.4, 0.5) is 5.69 Å². The predicted molar refractivity (Wildman–Crippen MR) is 95.9 cm³/mol. The Morgan fingerprint density at radius 3 is 2.20 bits per heavy atom. The van der Waals surface area contributed by atoms with Crippen LogP contribution in [0.15, 0.2) is 24.3 Å². The number of carbonyl (C=O) groups is 2. The number of carbonyl (C=O) groups excluding carboxylic acids is 2. The Hall–Kier alpha value is -1.97. The van der Waals surface area contributed by atoms with E-state index in [9.17, 15) is 18.0 Å². The zero-order chi connectivity index (χ0) is 18.4. The maximum absolute atomic E-state index is 12.1. The third kappa shape index (κ3) is 6.11. The second-order valence-corrected chi connectivity index (χ2v) is 8.00. The third-order valence-electron chi connectivity index (χ3n) is 3.98. The van der Waals surface area contributed by atoms with Gasteiger partial charge in [0.15, 0.2) is 0 Å². The quantitative estimate of drug-likeness (QED) is 0.734. The fourth-order valence-electron chi connectivity index (χ4n) is 2.62. The van der Waals surface area contributed by atoms with Crippen molar-refractivity contribution in [3.8, 4) is 0 Å². The van der Waals surface area contributed by atoms with Crippen LogP contribution in [-0.4, -0.2) is 75.0 Å². The number of amides is 2. The van der Waals surface area contributed by atoms with Gasteiger partial charge in [-0.2, -0.15) is 4.31 Å². The first-order valence-corrected chi connectivity index (χ1v) is 9.94. The summed E-state index contributed by atoms with van der Waals surface area (Å²) in [6.07, 6.45) is 1.22. The minimum Gasteiger partial charge on any atom is -0.351 e. The fourth-order valence-corrected chi connectivity index (χ4v) is 3.45. The van der Waals surface area contributed by atoms with E-state index in [1.165, 1.54) is 17.5 Å². The topological polar surface area (TPSA) is 98.8 Å². The maximum atomic E-state index is 12.1. The van der Waals surface area contributed by atoms with Gasteiger partial charge < -0.3 is 10.6 Å². The molecule has 0 saturated carbocycles. The highest BCUT2D eigenvalue weighted by Gasteiger charge is 2.22. The molecule has 1 aromatic rings. The van der Waals surface area contributed by atoms with Gasteiger partial charge in [0.2, 0.25) is 15.9 Å². The van der Waals surface area contributed by atoms with Crippen LogP contribution in [0.1, 0.15) is 17.3 Å². The molecule has 0 spiro atoms. The Bertz CT molecular complexity index is 710. The first-order valence-electron chi connectivity index (χ1n) is 8.09. The molecule has 1 aliphatic heterocycles. The number of nitrogens with zero attached hydrogens (tertiary/aromatic N) is 2. The normalized spacial score (nSPS) is 16.4. The molecule has 2 rings (SSSR count). The molecule has 138 valence electrons. The van der Waals surface area contributed by atoms with Gasteiger partial charge in [-0.05, 0) is 24.3 Å². The molecule has 1 saturated heterocycles. The molecule has 1 heterocycles. The molecule has 0 atom stereocenters. The Labute approximate surface area is 148 Å². The van der Waals surface area contributed by atoms with Crippen LogP contribution in [0.3, 0.4) is 0 Å². The van der Waals surface area contributed by atoms with Gasteiger partial charge >= 0.3 is 0 Å². The Morgan fingerprint density at radius 2 is 1.68 bits per heavy atom. The molecular formula is C16H24N4O4S. The first-order chi connectivity index (χ1) is 11.8. The van der Waals surface area contributed by atoms with E-state index < -0.39 is 10.0 Å². The Kier molecular flexibility index (Phi) is 6.51. The van der Waals surface area contributed by atoms with E-state index in [0.717, 1.165) is 0 Å². The van der Waals surface area contributed by atoms with E-state index >= 15 is 0 Å². The molecule has 0 aromatic heterocycles. The van der Waals surface area contributed by atoms with E-state index in [1.807, 2.05) is 0 Å². The molecule has 0 radical (unpaired) electrons. The van der Waals surface area contributed by atoms with E-state index in [2.05, 4.69) is 15.5 Å². The molecule has 2 N–H and O–H groups in total. The highest BCUT2D eigenvalue weighted by atomic mass is 32.2. The lowest BCUT2D eigenvalue weighted by atomic mass is 10.2.